The van der Waals surface area contributed by atoms with Gasteiger partial charge in [-0.1, -0.05) is 66.7 Å². The van der Waals surface area contributed by atoms with E-state index in [-0.39, 0.29) is 0 Å². The molecule has 3 aromatic rings. The summed E-state index contributed by atoms with van der Waals surface area (Å²) in [5.74, 6) is 0. The van der Waals surface area contributed by atoms with E-state index in [0.717, 1.165) is 30.0 Å². The lowest BCUT2D eigenvalue weighted by molar-refractivity contribution is 0.680. The van der Waals surface area contributed by atoms with Crippen LogP contribution in [0.1, 0.15) is 11.3 Å². The Morgan fingerprint density at radius 1 is 0.667 bits per heavy atom. The highest BCUT2D eigenvalue weighted by Gasteiger charge is 2.00. The molecule has 3 rings (SSSR count). The van der Waals surface area contributed by atoms with Gasteiger partial charge < -0.3 is 5.32 Å². The molecular weight excluding hydrogens is 256 g/mol. The number of pyridine rings is 1. The van der Waals surface area contributed by atoms with Crippen molar-refractivity contribution in [3.63, 3.8) is 0 Å². The molecule has 0 saturated heterocycles. The zero-order valence-corrected chi connectivity index (χ0v) is 11.9. The molecular formula is C19H18N2. The van der Waals surface area contributed by atoms with E-state index in [2.05, 4.69) is 59.9 Å². The third-order valence-electron chi connectivity index (χ3n) is 3.35. The first-order valence-corrected chi connectivity index (χ1v) is 7.18. The molecule has 2 heteroatoms. The molecule has 104 valence electrons. The second kappa shape index (κ2) is 6.82. The molecule has 0 fully saturated rings. The average Bonchev–Trinajstić information content (AvgIpc) is 2.57. The number of rotatable bonds is 5. The summed E-state index contributed by atoms with van der Waals surface area (Å²) in [6.45, 7) is 1.63. The lowest BCUT2D eigenvalue weighted by Gasteiger charge is -2.07. The van der Waals surface area contributed by atoms with Crippen LogP contribution in [0.4, 0.5) is 0 Å². The highest BCUT2D eigenvalue weighted by atomic mass is 14.9. The molecule has 1 aromatic heterocycles. The Morgan fingerprint density at radius 3 is 2.14 bits per heavy atom. The largest absolute Gasteiger partial charge is 0.307 e. The topological polar surface area (TPSA) is 24.9 Å². The van der Waals surface area contributed by atoms with Crippen LogP contribution in [0, 0.1) is 0 Å². The molecule has 0 atom stereocenters. The Balaban J connectivity index is 1.64. The molecule has 0 aliphatic carbocycles. The summed E-state index contributed by atoms with van der Waals surface area (Å²) in [7, 11) is 0. The van der Waals surface area contributed by atoms with Crippen molar-refractivity contribution in [2.24, 2.45) is 0 Å². The third kappa shape index (κ3) is 3.77. The van der Waals surface area contributed by atoms with Gasteiger partial charge in [-0.2, -0.15) is 0 Å². The highest BCUT2D eigenvalue weighted by Crippen LogP contribution is 2.16. The average molecular weight is 274 g/mol. The van der Waals surface area contributed by atoms with Gasteiger partial charge in [0, 0.05) is 18.7 Å². The maximum atomic E-state index is 4.71. The second-order valence-electron chi connectivity index (χ2n) is 4.97. The van der Waals surface area contributed by atoms with Gasteiger partial charge in [0.1, 0.15) is 0 Å². The van der Waals surface area contributed by atoms with E-state index in [1.54, 1.807) is 0 Å². The van der Waals surface area contributed by atoms with Crippen LogP contribution in [0.3, 0.4) is 0 Å². The van der Waals surface area contributed by atoms with Crippen molar-refractivity contribution >= 4 is 0 Å². The normalized spacial score (nSPS) is 10.5. The van der Waals surface area contributed by atoms with Gasteiger partial charge in [0.2, 0.25) is 0 Å². The molecule has 1 N–H and O–H groups in total. The van der Waals surface area contributed by atoms with Gasteiger partial charge in [-0.15, -0.1) is 0 Å². The van der Waals surface area contributed by atoms with Crippen LogP contribution in [-0.4, -0.2) is 4.98 Å². The molecule has 0 saturated carbocycles. The van der Waals surface area contributed by atoms with Gasteiger partial charge in [0.25, 0.3) is 0 Å². The quantitative estimate of drug-likeness (QED) is 0.759. The first-order valence-electron chi connectivity index (χ1n) is 7.18. The van der Waals surface area contributed by atoms with Gasteiger partial charge in [0.05, 0.1) is 11.4 Å². The van der Waals surface area contributed by atoms with Crippen LogP contribution in [0.2, 0.25) is 0 Å². The number of nitrogens with zero attached hydrogens (tertiary/aromatic N) is 1. The van der Waals surface area contributed by atoms with E-state index in [1.165, 1.54) is 5.56 Å². The lowest BCUT2D eigenvalue weighted by Crippen LogP contribution is -2.13. The van der Waals surface area contributed by atoms with Gasteiger partial charge in [0.15, 0.2) is 0 Å². The number of hydrogen-bond acceptors (Lipinski definition) is 2. The van der Waals surface area contributed by atoms with Crippen molar-refractivity contribution in [1.29, 1.82) is 0 Å². The van der Waals surface area contributed by atoms with Crippen LogP contribution in [0.25, 0.3) is 11.3 Å². The predicted molar refractivity (Wildman–Crippen MR) is 86.7 cm³/mol. The zero-order valence-electron chi connectivity index (χ0n) is 11.9. The highest BCUT2D eigenvalue weighted by molar-refractivity contribution is 5.58. The molecule has 0 unspecified atom stereocenters. The summed E-state index contributed by atoms with van der Waals surface area (Å²) >= 11 is 0. The van der Waals surface area contributed by atoms with Crippen LogP contribution in [-0.2, 0) is 13.1 Å². The molecule has 0 aliphatic rings. The fourth-order valence-electron chi connectivity index (χ4n) is 2.28. The smallest absolute Gasteiger partial charge is 0.0705 e. The number of nitrogens with one attached hydrogen (secondary N) is 1. The van der Waals surface area contributed by atoms with Crippen LogP contribution in [0.5, 0.6) is 0 Å². The predicted octanol–water partition coefficient (Wildman–Crippen LogP) is 4.04. The van der Waals surface area contributed by atoms with Crippen molar-refractivity contribution in [1.82, 2.24) is 10.3 Å². The van der Waals surface area contributed by atoms with Crippen molar-refractivity contribution in [3.05, 3.63) is 90.1 Å². The van der Waals surface area contributed by atoms with Gasteiger partial charge in [-0.3, -0.25) is 4.98 Å². The number of aromatic nitrogens is 1. The fraction of sp³-hybridized carbons (Fsp3) is 0.105. The first-order chi connectivity index (χ1) is 10.4. The van der Waals surface area contributed by atoms with Crippen molar-refractivity contribution in [2.75, 3.05) is 0 Å². The molecule has 2 nitrogen and oxygen atoms in total. The lowest BCUT2D eigenvalue weighted by atomic mass is 10.1. The Bertz CT molecular complexity index is 678. The number of benzene rings is 2. The monoisotopic (exact) mass is 274 g/mol. The molecule has 21 heavy (non-hydrogen) atoms. The fourth-order valence-corrected chi connectivity index (χ4v) is 2.28. The maximum Gasteiger partial charge on any atom is 0.0705 e. The molecule has 0 bridgehead atoms. The molecule has 2 aromatic carbocycles. The van der Waals surface area contributed by atoms with E-state index < -0.39 is 0 Å². The van der Waals surface area contributed by atoms with Crippen molar-refractivity contribution in [3.8, 4) is 11.3 Å². The van der Waals surface area contributed by atoms with Crippen LogP contribution < -0.4 is 5.32 Å². The van der Waals surface area contributed by atoms with Crippen LogP contribution >= 0.6 is 0 Å². The molecule has 0 amide bonds. The van der Waals surface area contributed by atoms with Gasteiger partial charge >= 0.3 is 0 Å². The first kappa shape index (κ1) is 13.5. The maximum absolute atomic E-state index is 4.71. The van der Waals surface area contributed by atoms with E-state index in [1.807, 2.05) is 24.3 Å². The third-order valence-corrected chi connectivity index (χ3v) is 3.35. The summed E-state index contributed by atoms with van der Waals surface area (Å²) < 4.78 is 0. The van der Waals surface area contributed by atoms with Crippen molar-refractivity contribution in [2.45, 2.75) is 13.1 Å². The zero-order chi connectivity index (χ0) is 14.3. The molecule has 0 spiro atoms. The van der Waals surface area contributed by atoms with Gasteiger partial charge in [-0.05, 0) is 17.7 Å². The molecule has 0 aliphatic heterocycles. The summed E-state index contributed by atoms with van der Waals surface area (Å²) in [5, 5.41) is 3.43. The Hall–Kier alpha value is -2.45. The number of hydrogen-bond donors (Lipinski definition) is 1. The minimum Gasteiger partial charge on any atom is -0.307 e. The summed E-state index contributed by atoms with van der Waals surface area (Å²) in [5.41, 5.74) is 4.53. The molecule has 0 radical (unpaired) electrons. The van der Waals surface area contributed by atoms with Crippen molar-refractivity contribution < 1.29 is 0 Å². The minimum absolute atomic E-state index is 0.773. The van der Waals surface area contributed by atoms with E-state index in [4.69, 9.17) is 4.98 Å². The summed E-state index contributed by atoms with van der Waals surface area (Å²) in [6.07, 6.45) is 0. The van der Waals surface area contributed by atoms with E-state index in [0.29, 0.717) is 0 Å². The Kier molecular flexibility index (Phi) is 4.39. The minimum atomic E-state index is 0.773. The summed E-state index contributed by atoms with van der Waals surface area (Å²) in [4.78, 5) is 4.71. The SMILES string of the molecule is c1ccc(CNCc2cccc(-c3ccccc3)n2)cc1. The van der Waals surface area contributed by atoms with E-state index in [9.17, 15) is 0 Å². The van der Waals surface area contributed by atoms with Crippen LogP contribution in [0.15, 0.2) is 78.9 Å². The second-order valence-corrected chi connectivity index (χ2v) is 4.97. The molecule has 1 heterocycles. The Morgan fingerprint density at radius 2 is 1.38 bits per heavy atom. The van der Waals surface area contributed by atoms with E-state index >= 15 is 0 Å². The summed E-state index contributed by atoms with van der Waals surface area (Å²) in [6, 6.07) is 26.9. The Labute approximate surface area is 125 Å². The standard InChI is InChI=1S/C19H18N2/c1-3-8-16(9-4-1)14-20-15-18-12-7-13-19(21-18)17-10-5-2-6-11-17/h1-13,20H,14-15H2. The van der Waals surface area contributed by atoms with Gasteiger partial charge in [-0.25, -0.2) is 0 Å².